The maximum absolute atomic E-state index is 12.4. The van der Waals surface area contributed by atoms with Crippen molar-refractivity contribution in [2.45, 2.75) is 6.42 Å². The third kappa shape index (κ3) is 4.72. The number of aromatic nitrogens is 2. The molecule has 2 aromatic carbocycles. The van der Waals surface area contributed by atoms with Gasteiger partial charge in [0.1, 0.15) is 11.5 Å². The van der Waals surface area contributed by atoms with E-state index in [0.717, 1.165) is 16.5 Å². The van der Waals surface area contributed by atoms with E-state index in [1.165, 1.54) is 0 Å². The Bertz CT molecular complexity index is 1210. The molecule has 1 N–H and O–H groups in total. The molecule has 0 aliphatic heterocycles. The number of carbonyl (C=O) groups excluding carboxylic acids is 1. The van der Waals surface area contributed by atoms with Crippen LogP contribution >= 0.6 is 0 Å². The molecule has 156 valence electrons. The third-order valence-electron chi connectivity index (χ3n) is 4.66. The van der Waals surface area contributed by atoms with Crippen molar-refractivity contribution in [2.24, 2.45) is 0 Å². The van der Waals surface area contributed by atoms with Gasteiger partial charge in [-0.25, -0.2) is 0 Å². The number of hydrogen-bond acceptors (Lipinski definition) is 6. The zero-order valence-electron chi connectivity index (χ0n) is 17.2. The molecule has 0 spiro atoms. The van der Waals surface area contributed by atoms with Gasteiger partial charge in [0.2, 0.25) is 5.91 Å². The van der Waals surface area contributed by atoms with Gasteiger partial charge < -0.3 is 19.5 Å². The second kappa shape index (κ2) is 9.13. The summed E-state index contributed by atoms with van der Waals surface area (Å²) in [6.45, 7) is 0. The molecule has 7 heteroatoms. The van der Waals surface area contributed by atoms with Crippen molar-refractivity contribution in [3.05, 3.63) is 78.8 Å². The van der Waals surface area contributed by atoms with E-state index in [1.807, 2.05) is 30.3 Å². The highest BCUT2D eigenvalue weighted by atomic mass is 16.5. The number of amides is 1. The Kier molecular flexibility index (Phi) is 5.93. The van der Waals surface area contributed by atoms with Crippen LogP contribution in [0.3, 0.4) is 0 Å². The fourth-order valence-electron chi connectivity index (χ4n) is 3.21. The largest absolute Gasteiger partial charge is 0.493 e. The molecular weight excluding hydrogens is 394 g/mol. The van der Waals surface area contributed by atoms with E-state index >= 15 is 0 Å². The van der Waals surface area contributed by atoms with Crippen LogP contribution in [0, 0.1) is 0 Å². The van der Waals surface area contributed by atoms with Crippen molar-refractivity contribution in [1.82, 2.24) is 9.97 Å². The predicted molar refractivity (Wildman–Crippen MR) is 118 cm³/mol. The van der Waals surface area contributed by atoms with E-state index in [2.05, 4.69) is 15.3 Å². The first-order chi connectivity index (χ1) is 15.2. The van der Waals surface area contributed by atoms with Crippen molar-refractivity contribution in [1.29, 1.82) is 0 Å². The maximum Gasteiger partial charge on any atom is 0.228 e. The van der Waals surface area contributed by atoms with Gasteiger partial charge in [0.25, 0.3) is 0 Å². The van der Waals surface area contributed by atoms with Crippen LogP contribution in [0.1, 0.15) is 5.56 Å². The Balaban J connectivity index is 1.55. The van der Waals surface area contributed by atoms with Gasteiger partial charge in [0, 0.05) is 35.7 Å². The van der Waals surface area contributed by atoms with E-state index in [0.29, 0.717) is 28.7 Å². The summed E-state index contributed by atoms with van der Waals surface area (Å²) in [5.74, 6) is 2.33. The van der Waals surface area contributed by atoms with Crippen LogP contribution in [0.4, 0.5) is 5.69 Å². The Morgan fingerprint density at radius 2 is 1.68 bits per heavy atom. The van der Waals surface area contributed by atoms with Crippen LogP contribution in [-0.2, 0) is 11.2 Å². The van der Waals surface area contributed by atoms with E-state index in [4.69, 9.17) is 14.2 Å². The molecule has 0 aliphatic rings. The Morgan fingerprint density at radius 3 is 2.45 bits per heavy atom. The molecule has 0 aliphatic carbocycles. The number of carbonyl (C=O) groups is 1. The van der Waals surface area contributed by atoms with Crippen LogP contribution in [0.5, 0.6) is 23.0 Å². The number of ether oxygens (including phenoxy) is 3. The molecule has 0 unspecified atom stereocenters. The van der Waals surface area contributed by atoms with E-state index in [1.54, 1.807) is 57.1 Å². The molecule has 0 saturated carbocycles. The lowest BCUT2D eigenvalue weighted by molar-refractivity contribution is -0.115. The van der Waals surface area contributed by atoms with Crippen molar-refractivity contribution in [3.63, 3.8) is 0 Å². The molecule has 0 saturated heterocycles. The average molecular weight is 415 g/mol. The number of nitrogens with zero attached hydrogens (tertiary/aromatic N) is 2. The van der Waals surface area contributed by atoms with E-state index < -0.39 is 0 Å². The van der Waals surface area contributed by atoms with E-state index in [-0.39, 0.29) is 12.3 Å². The number of anilines is 1. The summed E-state index contributed by atoms with van der Waals surface area (Å²) in [7, 11) is 3.17. The summed E-state index contributed by atoms with van der Waals surface area (Å²) < 4.78 is 16.9. The molecule has 7 nitrogen and oxygen atoms in total. The van der Waals surface area contributed by atoms with Crippen molar-refractivity contribution in [3.8, 4) is 23.0 Å². The first kappa shape index (κ1) is 20.2. The molecule has 0 fully saturated rings. The predicted octanol–water partition coefficient (Wildman–Crippen LogP) is 4.62. The summed E-state index contributed by atoms with van der Waals surface area (Å²) in [6.07, 6.45) is 5.17. The van der Waals surface area contributed by atoms with Crippen LogP contribution in [0.25, 0.3) is 10.9 Å². The Hall–Kier alpha value is -4.13. The monoisotopic (exact) mass is 415 g/mol. The summed E-state index contributed by atoms with van der Waals surface area (Å²) in [5.41, 5.74) is 2.27. The zero-order valence-corrected chi connectivity index (χ0v) is 17.2. The molecule has 4 aromatic rings. The molecule has 0 bridgehead atoms. The zero-order chi connectivity index (χ0) is 21.6. The number of fused-ring (bicyclic) bond motifs is 1. The molecular formula is C24H21N3O4. The van der Waals surface area contributed by atoms with Crippen molar-refractivity contribution in [2.75, 3.05) is 19.5 Å². The SMILES string of the molecule is COc1cc2nccc(Oc3cccc(CC(=O)Nc4ccncc4)c3)c2cc1OC. The van der Waals surface area contributed by atoms with Gasteiger partial charge in [-0.05, 0) is 42.0 Å². The lowest BCUT2D eigenvalue weighted by atomic mass is 10.1. The molecule has 2 heterocycles. The van der Waals surface area contributed by atoms with Gasteiger partial charge >= 0.3 is 0 Å². The highest BCUT2D eigenvalue weighted by Crippen LogP contribution is 2.36. The first-order valence-corrected chi connectivity index (χ1v) is 9.63. The van der Waals surface area contributed by atoms with Gasteiger partial charge in [-0.1, -0.05) is 12.1 Å². The van der Waals surface area contributed by atoms with Gasteiger partial charge in [-0.15, -0.1) is 0 Å². The summed E-state index contributed by atoms with van der Waals surface area (Å²) in [4.78, 5) is 20.7. The molecule has 1 amide bonds. The van der Waals surface area contributed by atoms with Crippen LogP contribution < -0.4 is 19.5 Å². The Morgan fingerprint density at radius 1 is 0.903 bits per heavy atom. The smallest absolute Gasteiger partial charge is 0.228 e. The summed E-state index contributed by atoms with van der Waals surface area (Å²) >= 11 is 0. The maximum atomic E-state index is 12.4. The second-order valence-electron chi connectivity index (χ2n) is 6.74. The minimum atomic E-state index is -0.116. The minimum Gasteiger partial charge on any atom is -0.493 e. The standard InChI is InChI=1S/C24H21N3O4/c1-29-22-14-19-20(15-23(22)30-2)26-11-8-21(19)31-18-5-3-4-16(12-18)13-24(28)27-17-6-9-25-10-7-17/h3-12,14-15H,13H2,1-2H3,(H,25,27,28). The van der Waals surface area contributed by atoms with Crippen molar-refractivity contribution >= 4 is 22.5 Å². The number of hydrogen-bond donors (Lipinski definition) is 1. The number of nitrogens with one attached hydrogen (secondary N) is 1. The summed E-state index contributed by atoms with van der Waals surface area (Å²) in [5, 5.41) is 3.65. The lowest BCUT2D eigenvalue weighted by Crippen LogP contribution is -2.14. The van der Waals surface area contributed by atoms with Gasteiger partial charge in [-0.2, -0.15) is 0 Å². The molecule has 0 atom stereocenters. The van der Waals surface area contributed by atoms with Gasteiger partial charge in [0.15, 0.2) is 11.5 Å². The minimum absolute atomic E-state index is 0.116. The number of methoxy groups -OCH3 is 2. The molecule has 2 aromatic heterocycles. The van der Waals surface area contributed by atoms with Crippen molar-refractivity contribution < 1.29 is 19.0 Å². The fraction of sp³-hybridized carbons (Fsp3) is 0.125. The molecule has 31 heavy (non-hydrogen) atoms. The average Bonchev–Trinajstić information content (AvgIpc) is 2.79. The van der Waals surface area contributed by atoms with Gasteiger partial charge in [0.05, 0.1) is 26.2 Å². The normalized spacial score (nSPS) is 10.5. The second-order valence-corrected chi connectivity index (χ2v) is 6.74. The van der Waals surface area contributed by atoms with Crippen LogP contribution in [0.2, 0.25) is 0 Å². The van der Waals surface area contributed by atoms with Gasteiger partial charge in [-0.3, -0.25) is 14.8 Å². The lowest BCUT2D eigenvalue weighted by Gasteiger charge is -2.13. The number of rotatable bonds is 7. The highest BCUT2D eigenvalue weighted by molar-refractivity contribution is 5.92. The highest BCUT2D eigenvalue weighted by Gasteiger charge is 2.12. The first-order valence-electron chi connectivity index (χ1n) is 9.63. The van der Waals surface area contributed by atoms with E-state index in [9.17, 15) is 4.79 Å². The topological polar surface area (TPSA) is 82.6 Å². The number of pyridine rings is 2. The molecule has 4 rings (SSSR count). The Labute approximate surface area is 179 Å². The molecule has 0 radical (unpaired) electrons. The van der Waals surface area contributed by atoms with Crippen LogP contribution in [-0.4, -0.2) is 30.1 Å². The number of benzene rings is 2. The summed E-state index contributed by atoms with van der Waals surface area (Å²) in [6, 6.07) is 16.4. The third-order valence-corrected chi connectivity index (χ3v) is 4.66. The van der Waals surface area contributed by atoms with Crippen LogP contribution in [0.15, 0.2) is 73.2 Å². The fourth-order valence-corrected chi connectivity index (χ4v) is 3.21. The quantitative estimate of drug-likeness (QED) is 0.474.